The van der Waals surface area contributed by atoms with Gasteiger partial charge in [-0.25, -0.2) is 0 Å². The van der Waals surface area contributed by atoms with Crippen LogP contribution in [0, 0.1) is 11.3 Å². The van der Waals surface area contributed by atoms with Crippen molar-refractivity contribution in [2.75, 3.05) is 0 Å². The van der Waals surface area contributed by atoms with E-state index in [4.69, 9.17) is 21.3 Å². The third-order valence-electron chi connectivity index (χ3n) is 2.23. The van der Waals surface area contributed by atoms with Gasteiger partial charge in [-0.05, 0) is 61.7 Å². The van der Waals surface area contributed by atoms with Crippen LogP contribution in [0.25, 0.3) is 11.6 Å². The second kappa shape index (κ2) is 5.75. The molecule has 2 nitrogen and oxygen atoms in total. The number of benzene rings is 1. The Balaban J connectivity index is 2.40. The molecule has 1 aromatic heterocycles. The molecule has 18 heavy (non-hydrogen) atoms. The maximum atomic E-state index is 9.17. The Morgan fingerprint density at radius 2 is 1.94 bits per heavy atom. The second-order valence-corrected chi connectivity index (χ2v) is 5.46. The summed E-state index contributed by atoms with van der Waals surface area (Å²) in [5, 5.41) is 9.81. The van der Waals surface area contributed by atoms with Crippen LogP contribution in [0.5, 0.6) is 0 Å². The molecular formula is C13H6Br2ClNO. The highest BCUT2D eigenvalue weighted by Gasteiger charge is 2.06. The van der Waals surface area contributed by atoms with Crippen molar-refractivity contribution in [2.24, 2.45) is 0 Å². The maximum absolute atomic E-state index is 9.17. The highest BCUT2D eigenvalue weighted by Crippen LogP contribution is 2.29. The molecule has 0 atom stereocenters. The first-order valence-electron chi connectivity index (χ1n) is 4.92. The van der Waals surface area contributed by atoms with Gasteiger partial charge in [-0.15, -0.1) is 0 Å². The Morgan fingerprint density at radius 3 is 2.44 bits per heavy atom. The zero-order chi connectivity index (χ0) is 13.1. The highest BCUT2D eigenvalue weighted by molar-refractivity contribution is 9.13. The molecule has 2 rings (SSSR count). The molecule has 0 saturated heterocycles. The molecular weight excluding hydrogens is 381 g/mol. The first kappa shape index (κ1) is 13.4. The molecule has 5 heteroatoms. The van der Waals surface area contributed by atoms with Gasteiger partial charge < -0.3 is 4.42 Å². The van der Waals surface area contributed by atoms with Crippen LogP contribution in [0.3, 0.4) is 0 Å². The van der Waals surface area contributed by atoms with Crippen LogP contribution in [0.15, 0.2) is 43.9 Å². The van der Waals surface area contributed by atoms with E-state index in [9.17, 15) is 0 Å². The summed E-state index contributed by atoms with van der Waals surface area (Å²) in [5.41, 5.74) is 1.31. The Morgan fingerprint density at radius 1 is 1.28 bits per heavy atom. The predicted molar refractivity (Wildman–Crippen MR) is 79.0 cm³/mol. The number of hydrogen-bond acceptors (Lipinski definition) is 2. The molecule has 0 radical (unpaired) electrons. The Labute approximate surface area is 126 Å². The summed E-state index contributed by atoms with van der Waals surface area (Å²) in [7, 11) is 0. The van der Waals surface area contributed by atoms with Gasteiger partial charge in [-0.3, -0.25) is 0 Å². The minimum absolute atomic E-state index is 0.514. The van der Waals surface area contributed by atoms with Gasteiger partial charge in [0.05, 0.1) is 16.1 Å². The summed E-state index contributed by atoms with van der Waals surface area (Å²) in [4.78, 5) is 0. The summed E-state index contributed by atoms with van der Waals surface area (Å²) in [5.74, 6) is 0.597. The van der Waals surface area contributed by atoms with Crippen molar-refractivity contribution in [3.05, 3.63) is 55.8 Å². The third kappa shape index (κ3) is 3.05. The SMILES string of the molecule is N#C/C(=C/c1cc(Br)c(Br)o1)c1ccc(Cl)cc1. The van der Waals surface area contributed by atoms with Crippen molar-refractivity contribution in [1.82, 2.24) is 0 Å². The van der Waals surface area contributed by atoms with E-state index < -0.39 is 0 Å². The molecule has 1 aromatic carbocycles. The normalized spacial score (nSPS) is 11.3. The summed E-state index contributed by atoms with van der Waals surface area (Å²) >= 11 is 12.4. The third-order valence-corrected chi connectivity index (χ3v) is 4.19. The lowest BCUT2D eigenvalue weighted by Gasteiger charge is -1.98. The van der Waals surface area contributed by atoms with Gasteiger partial charge >= 0.3 is 0 Å². The predicted octanol–water partition coefficient (Wildman–Crippen LogP) is 5.52. The van der Waals surface area contributed by atoms with Crippen LogP contribution in [-0.2, 0) is 0 Å². The lowest BCUT2D eigenvalue weighted by molar-refractivity contribution is 0.530. The van der Waals surface area contributed by atoms with Crippen molar-refractivity contribution >= 4 is 55.1 Å². The van der Waals surface area contributed by atoms with Crippen molar-refractivity contribution in [3.63, 3.8) is 0 Å². The van der Waals surface area contributed by atoms with E-state index in [0.717, 1.165) is 10.0 Å². The molecule has 0 bridgehead atoms. The molecule has 0 aliphatic carbocycles. The molecule has 0 aliphatic heterocycles. The molecule has 1 heterocycles. The van der Waals surface area contributed by atoms with Gasteiger partial charge in [0.1, 0.15) is 5.76 Å². The van der Waals surface area contributed by atoms with Gasteiger partial charge in [0, 0.05) is 5.02 Å². The number of halogens is 3. The maximum Gasteiger partial charge on any atom is 0.184 e. The zero-order valence-electron chi connectivity index (χ0n) is 8.95. The van der Waals surface area contributed by atoms with Crippen molar-refractivity contribution < 1.29 is 4.42 Å². The number of nitriles is 1. The molecule has 0 unspecified atom stereocenters. The van der Waals surface area contributed by atoms with E-state index in [1.54, 1.807) is 36.4 Å². The fraction of sp³-hybridized carbons (Fsp3) is 0. The molecule has 90 valence electrons. The van der Waals surface area contributed by atoms with E-state index in [-0.39, 0.29) is 0 Å². The first-order chi connectivity index (χ1) is 8.60. The van der Waals surface area contributed by atoms with Crippen LogP contribution in [0.1, 0.15) is 11.3 Å². The second-order valence-electron chi connectivity index (χ2n) is 3.45. The van der Waals surface area contributed by atoms with E-state index in [1.165, 1.54) is 0 Å². The molecule has 0 saturated carbocycles. The summed E-state index contributed by atoms with van der Waals surface area (Å²) in [6.45, 7) is 0. The lowest BCUT2D eigenvalue weighted by Crippen LogP contribution is -1.80. The molecule has 0 N–H and O–H groups in total. The Kier molecular flexibility index (Phi) is 4.28. The van der Waals surface area contributed by atoms with Crippen LogP contribution < -0.4 is 0 Å². The number of nitrogens with zero attached hydrogens (tertiary/aromatic N) is 1. The highest BCUT2D eigenvalue weighted by atomic mass is 79.9. The van der Waals surface area contributed by atoms with Gasteiger partial charge in [0.2, 0.25) is 0 Å². The Bertz CT molecular complexity index is 619. The minimum atomic E-state index is 0.514. The summed E-state index contributed by atoms with van der Waals surface area (Å²) in [6.07, 6.45) is 1.68. The molecule has 0 amide bonds. The van der Waals surface area contributed by atoms with Gasteiger partial charge in [0.15, 0.2) is 4.67 Å². The average Bonchev–Trinajstić information content (AvgIpc) is 2.67. The smallest absolute Gasteiger partial charge is 0.184 e. The average molecular weight is 387 g/mol. The van der Waals surface area contributed by atoms with E-state index in [1.807, 2.05) is 0 Å². The van der Waals surface area contributed by atoms with Crippen LogP contribution in [-0.4, -0.2) is 0 Å². The molecule has 0 fully saturated rings. The van der Waals surface area contributed by atoms with E-state index >= 15 is 0 Å². The topological polar surface area (TPSA) is 36.9 Å². The van der Waals surface area contributed by atoms with Crippen LogP contribution in [0.4, 0.5) is 0 Å². The van der Waals surface area contributed by atoms with Gasteiger partial charge in [-0.1, -0.05) is 23.7 Å². The number of furan rings is 1. The quantitative estimate of drug-likeness (QED) is 0.636. The Hall–Kier alpha value is -1.02. The number of rotatable bonds is 2. The minimum Gasteiger partial charge on any atom is -0.449 e. The molecule has 2 aromatic rings. The first-order valence-corrected chi connectivity index (χ1v) is 6.89. The number of allylic oxidation sites excluding steroid dienone is 1. The van der Waals surface area contributed by atoms with Crippen molar-refractivity contribution in [2.45, 2.75) is 0 Å². The summed E-state index contributed by atoms with van der Waals surface area (Å²) < 4.78 is 6.81. The largest absolute Gasteiger partial charge is 0.449 e. The molecule has 0 aliphatic rings. The zero-order valence-corrected chi connectivity index (χ0v) is 12.9. The van der Waals surface area contributed by atoms with Crippen molar-refractivity contribution in [1.29, 1.82) is 5.26 Å². The lowest BCUT2D eigenvalue weighted by atomic mass is 10.1. The van der Waals surface area contributed by atoms with Crippen molar-refractivity contribution in [3.8, 4) is 6.07 Å². The van der Waals surface area contributed by atoms with E-state index in [2.05, 4.69) is 37.9 Å². The van der Waals surface area contributed by atoms with Crippen LogP contribution in [0.2, 0.25) is 5.02 Å². The fourth-order valence-electron chi connectivity index (χ4n) is 1.39. The van der Waals surface area contributed by atoms with E-state index in [0.29, 0.717) is 21.0 Å². The van der Waals surface area contributed by atoms with Gasteiger partial charge in [0.25, 0.3) is 0 Å². The van der Waals surface area contributed by atoms with Crippen LogP contribution >= 0.6 is 43.5 Å². The monoisotopic (exact) mass is 385 g/mol. The van der Waals surface area contributed by atoms with Gasteiger partial charge in [-0.2, -0.15) is 5.26 Å². The summed E-state index contributed by atoms with van der Waals surface area (Å²) in [6, 6.07) is 11.0. The standard InChI is InChI=1S/C13H6Br2ClNO/c14-12-6-11(18-13(12)15)5-9(7-17)8-1-3-10(16)4-2-8/h1-6H/b9-5-. The fourth-order valence-corrected chi connectivity index (χ4v) is 2.12. The molecule has 0 spiro atoms. The number of hydrogen-bond donors (Lipinski definition) is 0.